The third-order valence-corrected chi connectivity index (χ3v) is 4.96. The minimum atomic E-state index is 0.554. The van der Waals surface area contributed by atoms with Gasteiger partial charge in [0.15, 0.2) is 0 Å². The molecule has 1 aromatic carbocycles. The Morgan fingerprint density at radius 2 is 2.04 bits per heavy atom. The van der Waals surface area contributed by atoms with Gasteiger partial charge in [-0.25, -0.2) is 0 Å². The number of nitrogens with one attached hydrogen (secondary N) is 1. The van der Waals surface area contributed by atoms with Crippen molar-refractivity contribution in [1.82, 2.24) is 9.88 Å². The van der Waals surface area contributed by atoms with Crippen LogP contribution in [-0.4, -0.2) is 35.6 Å². The summed E-state index contributed by atoms with van der Waals surface area (Å²) < 4.78 is 0. The number of likely N-dealkylation sites (tertiary alicyclic amines) is 1. The predicted octanol–water partition coefficient (Wildman–Crippen LogP) is 4.95. The van der Waals surface area contributed by atoms with Gasteiger partial charge in [0, 0.05) is 41.4 Å². The highest BCUT2D eigenvalue weighted by molar-refractivity contribution is 6.31. The maximum atomic E-state index is 6.07. The molecule has 4 heteroatoms. The molecule has 0 spiro atoms. The number of unbranched alkanes of at least 4 members (excludes halogenated alkanes) is 2. The van der Waals surface area contributed by atoms with Gasteiger partial charge < -0.3 is 10.2 Å². The van der Waals surface area contributed by atoms with Crippen molar-refractivity contribution in [2.24, 2.45) is 0 Å². The van der Waals surface area contributed by atoms with E-state index in [9.17, 15) is 0 Å². The Morgan fingerprint density at radius 3 is 2.83 bits per heavy atom. The molecule has 1 fully saturated rings. The van der Waals surface area contributed by atoms with Crippen molar-refractivity contribution < 1.29 is 0 Å². The van der Waals surface area contributed by atoms with Gasteiger partial charge in [-0.1, -0.05) is 31.4 Å². The largest absolute Gasteiger partial charge is 0.382 e. The number of benzene rings is 1. The highest BCUT2D eigenvalue weighted by atomic mass is 35.5. The lowest BCUT2D eigenvalue weighted by Gasteiger charge is -2.33. The summed E-state index contributed by atoms with van der Waals surface area (Å²) in [6.45, 7) is 5.94. The first-order valence-electron chi connectivity index (χ1n) is 8.79. The minimum Gasteiger partial charge on any atom is -0.382 e. The van der Waals surface area contributed by atoms with E-state index in [4.69, 9.17) is 11.6 Å². The number of piperidine rings is 1. The second kappa shape index (κ2) is 7.98. The summed E-state index contributed by atoms with van der Waals surface area (Å²) >= 11 is 6.07. The first-order valence-corrected chi connectivity index (χ1v) is 9.17. The Balaban J connectivity index is 1.59. The van der Waals surface area contributed by atoms with E-state index in [1.807, 2.05) is 18.3 Å². The molecule has 0 bridgehead atoms. The van der Waals surface area contributed by atoms with Crippen molar-refractivity contribution >= 4 is 28.2 Å². The Labute approximate surface area is 144 Å². The first kappa shape index (κ1) is 16.5. The minimum absolute atomic E-state index is 0.554. The molecule has 0 unspecified atom stereocenters. The van der Waals surface area contributed by atoms with Crippen molar-refractivity contribution in [3.8, 4) is 0 Å². The summed E-state index contributed by atoms with van der Waals surface area (Å²) in [5.74, 6) is 0. The molecule has 0 aliphatic carbocycles. The highest BCUT2D eigenvalue weighted by Crippen LogP contribution is 2.26. The van der Waals surface area contributed by atoms with Crippen molar-refractivity contribution in [1.29, 1.82) is 0 Å². The second-order valence-corrected chi connectivity index (χ2v) is 6.92. The molecule has 1 aliphatic rings. The van der Waals surface area contributed by atoms with E-state index in [2.05, 4.69) is 34.3 Å². The van der Waals surface area contributed by atoms with Crippen LogP contribution in [0.5, 0.6) is 0 Å². The van der Waals surface area contributed by atoms with Gasteiger partial charge in [0.2, 0.25) is 0 Å². The first-order chi connectivity index (χ1) is 11.3. The van der Waals surface area contributed by atoms with E-state index in [-0.39, 0.29) is 0 Å². The van der Waals surface area contributed by atoms with Gasteiger partial charge in [0.25, 0.3) is 0 Å². The molecule has 0 saturated carbocycles. The number of fused-ring (bicyclic) bond motifs is 1. The quantitative estimate of drug-likeness (QED) is 0.759. The van der Waals surface area contributed by atoms with Crippen LogP contribution in [0.4, 0.5) is 5.69 Å². The maximum absolute atomic E-state index is 6.07. The van der Waals surface area contributed by atoms with Crippen LogP contribution in [0.25, 0.3) is 10.9 Å². The van der Waals surface area contributed by atoms with Gasteiger partial charge >= 0.3 is 0 Å². The third kappa shape index (κ3) is 4.36. The summed E-state index contributed by atoms with van der Waals surface area (Å²) in [4.78, 5) is 7.03. The summed E-state index contributed by atoms with van der Waals surface area (Å²) in [5, 5.41) is 5.61. The van der Waals surface area contributed by atoms with Crippen molar-refractivity contribution in [3.63, 3.8) is 0 Å². The fraction of sp³-hybridized carbons (Fsp3) is 0.526. The summed E-state index contributed by atoms with van der Waals surface area (Å²) in [6, 6.07) is 8.56. The van der Waals surface area contributed by atoms with Crippen molar-refractivity contribution in [3.05, 3.63) is 35.5 Å². The molecule has 1 aliphatic heterocycles. The van der Waals surface area contributed by atoms with E-state index in [0.717, 1.165) is 15.9 Å². The Morgan fingerprint density at radius 1 is 1.22 bits per heavy atom. The topological polar surface area (TPSA) is 28.2 Å². The lowest BCUT2D eigenvalue weighted by Crippen LogP contribution is -2.39. The SMILES string of the molecule is CCCCCN1CCC(Nc2ccnc3cc(Cl)ccc23)CC1. The Kier molecular flexibility index (Phi) is 5.74. The average Bonchev–Trinajstić information content (AvgIpc) is 2.56. The Hall–Kier alpha value is -1.32. The Bertz CT molecular complexity index is 636. The second-order valence-electron chi connectivity index (χ2n) is 6.49. The molecule has 23 heavy (non-hydrogen) atoms. The zero-order valence-corrected chi connectivity index (χ0v) is 14.6. The molecule has 0 radical (unpaired) electrons. The molecule has 2 heterocycles. The molecule has 3 rings (SSSR count). The van der Waals surface area contributed by atoms with Crippen molar-refractivity contribution in [2.75, 3.05) is 25.0 Å². The summed E-state index contributed by atoms with van der Waals surface area (Å²) in [6.07, 6.45) is 8.28. The predicted molar refractivity (Wildman–Crippen MR) is 99.4 cm³/mol. The molecule has 1 aromatic heterocycles. The number of pyridine rings is 1. The monoisotopic (exact) mass is 331 g/mol. The number of aromatic nitrogens is 1. The zero-order valence-electron chi connectivity index (χ0n) is 13.9. The van der Waals surface area contributed by atoms with Gasteiger partial charge in [0.05, 0.1) is 5.52 Å². The number of nitrogens with zero attached hydrogens (tertiary/aromatic N) is 2. The van der Waals surface area contributed by atoms with E-state index in [1.54, 1.807) is 0 Å². The number of hydrogen-bond acceptors (Lipinski definition) is 3. The molecule has 2 aromatic rings. The zero-order chi connectivity index (χ0) is 16.1. The fourth-order valence-electron chi connectivity index (χ4n) is 3.35. The van der Waals surface area contributed by atoms with Gasteiger partial charge in [-0.05, 0) is 50.1 Å². The van der Waals surface area contributed by atoms with E-state index < -0.39 is 0 Å². The smallest absolute Gasteiger partial charge is 0.0737 e. The van der Waals surface area contributed by atoms with Crippen LogP contribution in [0.1, 0.15) is 39.0 Å². The van der Waals surface area contributed by atoms with Crippen LogP contribution < -0.4 is 5.32 Å². The molecule has 3 nitrogen and oxygen atoms in total. The lowest BCUT2D eigenvalue weighted by atomic mass is 10.0. The molecule has 0 amide bonds. The summed E-state index contributed by atoms with van der Waals surface area (Å²) in [5.41, 5.74) is 2.13. The number of halogens is 1. The number of rotatable bonds is 6. The van der Waals surface area contributed by atoms with Crippen LogP contribution in [0.15, 0.2) is 30.5 Å². The normalized spacial score (nSPS) is 16.8. The van der Waals surface area contributed by atoms with Crippen LogP contribution in [-0.2, 0) is 0 Å². The number of anilines is 1. The molecular weight excluding hydrogens is 306 g/mol. The van der Waals surface area contributed by atoms with Crippen LogP contribution >= 0.6 is 11.6 Å². The van der Waals surface area contributed by atoms with Crippen LogP contribution in [0, 0.1) is 0 Å². The van der Waals surface area contributed by atoms with Gasteiger partial charge in [-0.3, -0.25) is 4.98 Å². The lowest BCUT2D eigenvalue weighted by molar-refractivity contribution is 0.215. The molecule has 0 atom stereocenters. The fourth-order valence-corrected chi connectivity index (χ4v) is 3.52. The third-order valence-electron chi connectivity index (χ3n) is 4.73. The van der Waals surface area contributed by atoms with E-state index in [0.29, 0.717) is 6.04 Å². The van der Waals surface area contributed by atoms with E-state index in [1.165, 1.54) is 57.4 Å². The summed E-state index contributed by atoms with van der Waals surface area (Å²) in [7, 11) is 0. The standard InChI is InChI=1S/C19H26ClN3/c1-2-3-4-11-23-12-8-16(9-13-23)22-18-7-10-21-19-14-15(20)5-6-17(18)19/h5-7,10,14,16H,2-4,8-9,11-13H2,1H3,(H,21,22). The molecule has 124 valence electrons. The van der Waals surface area contributed by atoms with Crippen molar-refractivity contribution in [2.45, 2.75) is 45.1 Å². The highest BCUT2D eigenvalue weighted by Gasteiger charge is 2.19. The van der Waals surface area contributed by atoms with Gasteiger partial charge in [-0.2, -0.15) is 0 Å². The van der Waals surface area contributed by atoms with E-state index >= 15 is 0 Å². The average molecular weight is 332 g/mol. The molecule has 1 N–H and O–H groups in total. The molecule has 1 saturated heterocycles. The van der Waals surface area contributed by atoms with Crippen LogP contribution in [0.2, 0.25) is 5.02 Å². The number of hydrogen-bond donors (Lipinski definition) is 1. The maximum Gasteiger partial charge on any atom is 0.0737 e. The van der Waals surface area contributed by atoms with Gasteiger partial charge in [0.1, 0.15) is 0 Å². The molecular formula is C19H26ClN3. The van der Waals surface area contributed by atoms with Crippen LogP contribution in [0.3, 0.4) is 0 Å². The van der Waals surface area contributed by atoms with Gasteiger partial charge in [-0.15, -0.1) is 0 Å².